The molecule has 0 unspecified atom stereocenters. The number of fused-ring (bicyclic) bond motifs is 1. The zero-order chi connectivity index (χ0) is 17.8. The first-order valence-electron chi connectivity index (χ1n) is 8.94. The minimum Gasteiger partial charge on any atom is -0.379 e. The molecule has 2 heterocycles. The summed E-state index contributed by atoms with van der Waals surface area (Å²) in [4.78, 5) is 22.6. The topological polar surface area (TPSA) is 70.2 Å². The normalized spacial score (nSPS) is 14.7. The molecule has 2 aromatic carbocycles. The maximum absolute atomic E-state index is 12.4. The number of imidazole rings is 1. The van der Waals surface area contributed by atoms with Crippen molar-refractivity contribution in [3.63, 3.8) is 0 Å². The summed E-state index contributed by atoms with van der Waals surface area (Å²) in [7, 11) is 0. The number of anilines is 1. The lowest BCUT2D eigenvalue weighted by Crippen LogP contribution is -2.38. The predicted octanol–water partition coefficient (Wildman–Crippen LogP) is 3.31. The lowest BCUT2D eigenvalue weighted by Gasteiger charge is -2.26. The molecule has 0 aliphatic carbocycles. The number of hydrogen-bond donors (Lipinski definition) is 2. The number of para-hydroxylation sites is 3. The summed E-state index contributed by atoms with van der Waals surface area (Å²) in [6.07, 6.45) is 0.467. The summed E-state index contributed by atoms with van der Waals surface area (Å²) in [5.74, 6) is 0.773. The molecule has 1 aliphatic rings. The average molecular weight is 387 g/mol. The Balaban J connectivity index is 0.00000210. The van der Waals surface area contributed by atoms with Crippen LogP contribution in [0.2, 0.25) is 0 Å². The average Bonchev–Trinajstić information content (AvgIpc) is 3.12. The van der Waals surface area contributed by atoms with Gasteiger partial charge in [-0.05, 0) is 24.3 Å². The van der Waals surface area contributed by atoms with E-state index in [2.05, 4.69) is 20.2 Å². The number of carbonyl (C=O) groups excluding carboxylic acids is 1. The molecule has 0 radical (unpaired) electrons. The number of benzene rings is 2. The largest absolute Gasteiger partial charge is 0.379 e. The van der Waals surface area contributed by atoms with Gasteiger partial charge in [0, 0.05) is 31.6 Å². The summed E-state index contributed by atoms with van der Waals surface area (Å²) in [5, 5.41) is 3.04. The Kier molecular flexibility index (Phi) is 6.45. The number of hydrogen-bond acceptors (Lipinski definition) is 4. The van der Waals surface area contributed by atoms with Crippen molar-refractivity contribution in [3.05, 3.63) is 48.5 Å². The highest BCUT2D eigenvalue weighted by Crippen LogP contribution is 2.27. The fourth-order valence-corrected chi connectivity index (χ4v) is 3.18. The van der Waals surface area contributed by atoms with Gasteiger partial charge in [0.15, 0.2) is 0 Å². The third-order valence-corrected chi connectivity index (χ3v) is 4.60. The van der Waals surface area contributed by atoms with Crippen molar-refractivity contribution in [1.29, 1.82) is 0 Å². The molecule has 0 atom stereocenters. The monoisotopic (exact) mass is 386 g/mol. The van der Waals surface area contributed by atoms with E-state index in [1.807, 2.05) is 48.5 Å². The maximum Gasteiger partial charge on any atom is 0.225 e. The summed E-state index contributed by atoms with van der Waals surface area (Å²) >= 11 is 0. The molecule has 1 aliphatic heterocycles. The highest BCUT2D eigenvalue weighted by molar-refractivity contribution is 5.95. The molecule has 1 saturated heterocycles. The molecule has 7 heteroatoms. The zero-order valence-electron chi connectivity index (χ0n) is 15.0. The van der Waals surface area contributed by atoms with Gasteiger partial charge < -0.3 is 15.0 Å². The van der Waals surface area contributed by atoms with E-state index in [4.69, 9.17) is 4.74 Å². The fourth-order valence-electron chi connectivity index (χ4n) is 3.18. The van der Waals surface area contributed by atoms with Crippen LogP contribution >= 0.6 is 12.4 Å². The smallest absolute Gasteiger partial charge is 0.225 e. The number of H-pyrrole nitrogens is 1. The van der Waals surface area contributed by atoms with Crippen LogP contribution in [0.25, 0.3) is 22.4 Å². The number of rotatable bonds is 5. The van der Waals surface area contributed by atoms with E-state index in [1.54, 1.807) is 0 Å². The Morgan fingerprint density at radius 1 is 1.11 bits per heavy atom. The van der Waals surface area contributed by atoms with E-state index in [-0.39, 0.29) is 18.3 Å². The molecular formula is C20H23ClN4O2. The Morgan fingerprint density at radius 3 is 2.67 bits per heavy atom. The van der Waals surface area contributed by atoms with E-state index in [9.17, 15) is 4.79 Å². The van der Waals surface area contributed by atoms with Gasteiger partial charge >= 0.3 is 0 Å². The predicted molar refractivity (Wildman–Crippen MR) is 109 cm³/mol. The molecular weight excluding hydrogens is 364 g/mol. The third-order valence-electron chi connectivity index (χ3n) is 4.60. The third kappa shape index (κ3) is 4.66. The lowest BCUT2D eigenvalue weighted by atomic mass is 10.1. The van der Waals surface area contributed by atoms with Gasteiger partial charge in [0.2, 0.25) is 5.91 Å². The first-order chi connectivity index (χ1) is 12.8. The Labute approximate surface area is 164 Å². The second-order valence-corrected chi connectivity index (χ2v) is 6.40. The van der Waals surface area contributed by atoms with Crippen molar-refractivity contribution in [2.45, 2.75) is 6.42 Å². The maximum atomic E-state index is 12.4. The van der Waals surface area contributed by atoms with Crippen LogP contribution in [0, 0.1) is 0 Å². The number of amides is 1. The van der Waals surface area contributed by atoms with Crippen LogP contribution < -0.4 is 5.32 Å². The number of nitrogens with zero attached hydrogens (tertiary/aromatic N) is 2. The lowest BCUT2D eigenvalue weighted by molar-refractivity contribution is -0.116. The molecule has 0 bridgehead atoms. The first-order valence-corrected chi connectivity index (χ1v) is 8.94. The van der Waals surface area contributed by atoms with Crippen LogP contribution in [0.3, 0.4) is 0 Å². The SMILES string of the molecule is Cl.O=C(CCN1CCOCC1)Nc1ccccc1-c1nc2ccccc2[nH]1. The van der Waals surface area contributed by atoms with Crippen LogP contribution in [-0.2, 0) is 9.53 Å². The number of carbonyl (C=O) groups is 1. The number of aromatic nitrogens is 2. The van der Waals surface area contributed by atoms with Gasteiger partial charge in [-0.25, -0.2) is 4.98 Å². The quantitative estimate of drug-likeness (QED) is 0.705. The van der Waals surface area contributed by atoms with Gasteiger partial charge in [-0.3, -0.25) is 9.69 Å². The molecule has 6 nitrogen and oxygen atoms in total. The van der Waals surface area contributed by atoms with E-state index >= 15 is 0 Å². The molecule has 27 heavy (non-hydrogen) atoms. The molecule has 1 aromatic heterocycles. The van der Waals surface area contributed by atoms with E-state index < -0.39 is 0 Å². The van der Waals surface area contributed by atoms with Crippen molar-refractivity contribution in [3.8, 4) is 11.4 Å². The zero-order valence-corrected chi connectivity index (χ0v) is 15.8. The minimum absolute atomic E-state index is 0. The Hall–Kier alpha value is -2.41. The highest BCUT2D eigenvalue weighted by Gasteiger charge is 2.14. The van der Waals surface area contributed by atoms with Crippen molar-refractivity contribution in [2.75, 3.05) is 38.2 Å². The van der Waals surface area contributed by atoms with Crippen LogP contribution in [0.15, 0.2) is 48.5 Å². The van der Waals surface area contributed by atoms with Crippen molar-refractivity contribution in [2.24, 2.45) is 0 Å². The molecule has 4 rings (SSSR count). The Bertz CT molecular complexity index is 873. The van der Waals surface area contributed by atoms with Gasteiger partial charge in [-0.15, -0.1) is 12.4 Å². The van der Waals surface area contributed by atoms with E-state index in [0.29, 0.717) is 6.42 Å². The number of aromatic amines is 1. The number of morpholine rings is 1. The second kappa shape index (κ2) is 8.99. The van der Waals surface area contributed by atoms with Crippen LogP contribution in [-0.4, -0.2) is 53.6 Å². The summed E-state index contributed by atoms with van der Waals surface area (Å²) in [6, 6.07) is 15.7. The first kappa shape index (κ1) is 19.4. The van der Waals surface area contributed by atoms with Crippen LogP contribution in [0.4, 0.5) is 5.69 Å². The number of ether oxygens (including phenoxy) is 1. The number of halogens is 1. The molecule has 0 saturated carbocycles. The van der Waals surface area contributed by atoms with E-state index in [0.717, 1.165) is 61.0 Å². The highest BCUT2D eigenvalue weighted by atomic mass is 35.5. The summed E-state index contributed by atoms with van der Waals surface area (Å²) in [5.41, 5.74) is 3.56. The molecule has 2 N–H and O–H groups in total. The van der Waals surface area contributed by atoms with Gasteiger partial charge in [-0.2, -0.15) is 0 Å². The van der Waals surface area contributed by atoms with E-state index in [1.165, 1.54) is 0 Å². The molecule has 0 spiro atoms. The van der Waals surface area contributed by atoms with Gasteiger partial charge in [-0.1, -0.05) is 24.3 Å². The van der Waals surface area contributed by atoms with Gasteiger partial charge in [0.05, 0.1) is 29.9 Å². The molecule has 3 aromatic rings. The van der Waals surface area contributed by atoms with Crippen molar-refractivity contribution < 1.29 is 9.53 Å². The molecule has 1 amide bonds. The number of nitrogens with one attached hydrogen (secondary N) is 2. The molecule has 1 fully saturated rings. The van der Waals surface area contributed by atoms with Gasteiger partial charge in [0.25, 0.3) is 0 Å². The Morgan fingerprint density at radius 2 is 1.85 bits per heavy atom. The summed E-state index contributed by atoms with van der Waals surface area (Å²) in [6.45, 7) is 4.03. The van der Waals surface area contributed by atoms with Crippen molar-refractivity contribution in [1.82, 2.24) is 14.9 Å². The minimum atomic E-state index is 0. The van der Waals surface area contributed by atoms with Crippen molar-refractivity contribution >= 4 is 35.0 Å². The van der Waals surface area contributed by atoms with Crippen LogP contribution in [0.1, 0.15) is 6.42 Å². The second-order valence-electron chi connectivity index (χ2n) is 6.40. The summed E-state index contributed by atoms with van der Waals surface area (Å²) < 4.78 is 5.34. The van der Waals surface area contributed by atoms with Crippen LogP contribution in [0.5, 0.6) is 0 Å². The molecule has 142 valence electrons. The standard InChI is InChI=1S/C20H22N4O2.ClH/c25-19(9-10-24-11-13-26-14-12-24)21-16-6-2-1-5-15(16)20-22-17-7-3-4-8-18(17)23-20;/h1-8H,9-14H2,(H,21,25)(H,22,23);1H. The fraction of sp³-hybridized carbons (Fsp3) is 0.300. The van der Waals surface area contributed by atoms with Gasteiger partial charge in [0.1, 0.15) is 5.82 Å².